The average molecular weight is 267 g/mol. The van der Waals surface area contributed by atoms with Gasteiger partial charge in [0.05, 0.1) is 0 Å². The number of hydrogen-bond donors (Lipinski definition) is 1. The van der Waals surface area contributed by atoms with Crippen LogP contribution in [0.1, 0.15) is 5.56 Å². The molecule has 0 saturated carbocycles. The van der Waals surface area contributed by atoms with Gasteiger partial charge in [-0.3, -0.25) is 0 Å². The summed E-state index contributed by atoms with van der Waals surface area (Å²) >= 11 is 1.49. The fourth-order valence-electron chi connectivity index (χ4n) is 1.67. The van der Waals surface area contributed by atoms with Crippen LogP contribution in [0.2, 0.25) is 0 Å². The lowest BCUT2D eigenvalue weighted by molar-refractivity contribution is -0.216. The zero-order chi connectivity index (χ0) is 11.4. The third-order valence-electron chi connectivity index (χ3n) is 2.37. The Morgan fingerprint density at radius 3 is 2.59 bits per heavy atom. The molecule has 0 aliphatic carbocycles. The Hall–Kier alpha value is -1.19. The topological polar surface area (TPSA) is 46.9 Å². The lowest BCUT2D eigenvalue weighted by Crippen LogP contribution is -2.17. The van der Waals surface area contributed by atoms with Crippen LogP contribution in [0.15, 0.2) is 42.5 Å². The zero-order valence-electron chi connectivity index (χ0n) is 9.18. The Morgan fingerprint density at radius 2 is 1.82 bits per heavy atom. The Bertz CT molecular complexity index is 510. The molecule has 0 heterocycles. The van der Waals surface area contributed by atoms with Gasteiger partial charge in [-0.1, -0.05) is 42.5 Å². The standard InChI is InChI=1S/C13H13NOS.ClH/c14-13(15)9-16-8-11-6-3-5-10-4-1-2-7-12(10)11;/h1-7H,8-9H2,(H2,14,15);1H/p-1. The van der Waals surface area contributed by atoms with Gasteiger partial charge in [-0.15, -0.1) is 12.4 Å². The first kappa shape index (κ1) is 13.9. The summed E-state index contributed by atoms with van der Waals surface area (Å²) in [5.74, 6) is 0.542. The van der Waals surface area contributed by atoms with E-state index in [0.717, 1.165) is 5.75 Å². The smallest absolute Gasteiger partial charge is 0.0212 e. The molecule has 2 rings (SSSR count). The summed E-state index contributed by atoms with van der Waals surface area (Å²) in [6.07, 6.45) is 0. The fraction of sp³-hybridized carbons (Fsp3) is 0.154. The first-order valence-electron chi connectivity index (χ1n) is 5.06. The van der Waals surface area contributed by atoms with Gasteiger partial charge < -0.3 is 10.5 Å². The van der Waals surface area contributed by atoms with Crippen LogP contribution >= 0.6 is 24.2 Å². The number of thioether (sulfide) groups is 1. The maximum atomic E-state index is 10.5. The van der Waals surface area contributed by atoms with E-state index in [1.807, 2.05) is 18.2 Å². The van der Waals surface area contributed by atoms with Crippen molar-refractivity contribution in [2.24, 2.45) is 0 Å². The predicted octanol–water partition coefficient (Wildman–Crippen LogP) is 2.83. The van der Waals surface area contributed by atoms with E-state index in [2.05, 4.69) is 24.3 Å². The van der Waals surface area contributed by atoms with Gasteiger partial charge in [0.1, 0.15) is 0 Å². The molecular weight excluding hydrogens is 254 g/mol. The molecule has 0 aromatic heterocycles. The number of nitrogens with one attached hydrogen (secondary N) is 1. The minimum absolute atomic E-state index is 0. The van der Waals surface area contributed by atoms with Crippen molar-refractivity contribution in [2.45, 2.75) is 5.75 Å². The molecule has 0 amide bonds. The Labute approximate surface area is 111 Å². The number of halogens is 1. The van der Waals surface area contributed by atoms with Gasteiger partial charge in [0, 0.05) is 11.5 Å². The molecule has 0 radical (unpaired) electrons. The summed E-state index contributed by atoms with van der Waals surface area (Å²) in [6, 6.07) is 14.4. The molecule has 0 atom stereocenters. The van der Waals surface area contributed by atoms with Crippen molar-refractivity contribution >= 4 is 40.8 Å². The first-order valence-corrected chi connectivity index (χ1v) is 6.21. The number of benzene rings is 2. The minimum Gasteiger partial charge on any atom is -0.862 e. The van der Waals surface area contributed by atoms with Crippen LogP contribution in [0.4, 0.5) is 0 Å². The first-order chi connectivity index (χ1) is 7.77. The van der Waals surface area contributed by atoms with E-state index in [9.17, 15) is 5.11 Å². The second kappa shape index (κ2) is 6.52. The minimum atomic E-state index is -0.509. The molecular formula is C13H13ClNOS-. The summed E-state index contributed by atoms with van der Waals surface area (Å²) in [4.78, 5) is 0. The normalized spacial score (nSPS) is 9.88. The van der Waals surface area contributed by atoms with E-state index in [-0.39, 0.29) is 18.2 Å². The summed E-state index contributed by atoms with van der Waals surface area (Å²) in [5.41, 5.74) is 1.23. The largest absolute Gasteiger partial charge is 0.862 e. The van der Waals surface area contributed by atoms with E-state index in [4.69, 9.17) is 5.41 Å². The monoisotopic (exact) mass is 266 g/mol. The van der Waals surface area contributed by atoms with E-state index in [1.54, 1.807) is 0 Å². The van der Waals surface area contributed by atoms with Crippen LogP contribution in [-0.2, 0) is 5.75 Å². The summed E-state index contributed by atoms with van der Waals surface area (Å²) in [6.45, 7) is 0. The highest BCUT2D eigenvalue weighted by Crippen LogP contribution is 2.22. The molecule has 0 bridgehead atoms. The van der Waals surface area contributed by atoms with Crippen molar-refractivity contribution < 1.29 is 5.11 Å². The lowest BCUT2D eigenvalue weighted by atomic mass is 10.1. The molecule has 0 unspecified atom stereocenters. The zero-order valence-corrected chi connectivity index (χ0v) is 10.8. The molecule has 0 fully saturated rings. The van der Waals surface area contributed by atoms with Crippen LogP contribution in [0, 0.1) is 5.41 Å². The van der Waals surface area contributed by atoms with Crippen LogP contribution in [-0.4, -0.2) is 11.7 Å². The third-order valence-corrected chi connectivity index (χ3v) is 3.35. The molecule has 2 nitrogen and oxygen atoms in total. The van der Waals surface area contributed by atoms with E-state index in [0.29, 0.717) is 0 Å². The van der Waals surface area contributed by atoms with E-state index in [1.165, 1.54) is 28.1 Å². The molecule has 0 spiro atoms. The van der Waals surface area contributed by atoms with Crippen molar-refractivity contribution in [1.82, 2.24) is 0 Å². The number of fused-ring (bicyclic) bond motifs is 1. The average Bonchev–Trinajstić information content (AvgIpc) is 2.29. The quantitative estimate of drug-likeness (QED) is 0.683. The second-order valence-corrected chi connectivity index (χ2v) is 4.54. The number of hydrogen-bond acceptors (Lipinski definition) is 3. The number of rotatable bonds is 4. The van der Waals surface area contributed by atoms with Crippen LogP contribution < -0.4 is 5.11 Å². The second-order valence-electron chi connectivity index (χ2n) is 3.55. The summed E-state index contributed by atoms with van der Waals surface area (Å²) < 4.78 is 0. The highest BCUT2D eigenvalue weighted by Gasteiger charge is 1.99. The van der Waals surface area contributed by atoms with Gasteiger partial charge in [0.15, 0.2) is 0 Å². The van der Waals surface area contributed by atoms with Gasteiger partial charge in [-0.05, 0) is 22.2 Å². The van der Waals surface area contributed by atoms with E-state index < -0.39 is 5.90 Å². The van der Waals surface area contributed by atoms with Gasteiger partial charge >= 0.3 is 0 Å². The van der Waals surface area contributed by atoms with Crippen molar-refractivity contribution in [1.29, 1.82) is 5.41 Å². The molecule has 2 aromatic rings. The van der Waals surface area contributed by atoms with Crippen molar-refractivity contribution in [3.05, 3.63) is 48.0 Å². The highest BCUT2D eigenvalue weighted by molar-refractivity contribution is 7.99. The lowest BCUT2D eigenvalue weighted by Gasteiger charge is -2.08. The fourth-order valence-corrected chi connectivity index (χ4v) is 2.43. The summed E-state index contributed by atoms with van der Waals surface area (Å²) in [7, 11) is 0. The van der Waals surface area contributed by atoms with Crippen molar-refractivity contribution in [3.8, 4) is 0 Å². The van der Waals surface area contributed by atoms with Crippen molar-refractivity contribution in [2.75, 3.05) is 5.75 Å². The SMILES string of the molecule is Cl.N=C([O-])CSCc1cccc2ccccc12. The molecule has 17 heavy (non-hydrogen) atoms. The third kappa shape index (κ3) is 3.65. The Morgan fingerprint density at radius 1 is 1.12 bits per heavy atom. The molecule has 1 N–H and O–H groups in total. The van der Waals surface area contributed by atoms with Gasteiger partial charge in [0.25, 0.3) is 0 Å². The molecule has 90 valence electrons. The van der Waals surface area contributed by atoms with Gasteiger partial charge in [0.2, 0.25) is 0 Å². The molecule has 0 aliphatic rings. The Balaban J connectivity index is 0.00000144. The Kier molecular flexibility index (Phi) is 5.32. The highest BCUT2D eigenvalue weighted by atomic mass is 35.5. The summed E-state index contributed by atoms with van der Waals surface area (Å²) in [5, 5.41) is 19.8. The van der Waals surface area contributed by atoms with E-state index >= 15 is 0 Å². The van der Waals surface area contributed by atoms with Crippen molar-refractivity contribution in [3.63, 3.8) is 0 Å². The maximum Gasteiger partial charge on any atom is 0.0212 e. The molecule has 0 saturated heterocycles. The maximum absolute atomic E-state index is 10.5. The molecule has 2 aromatic carbocycles. The van der Waals surface area contributed by atoms with Crippen LogP contribution in [0.5, 0.6) is 0 Å². The molecule has 0 aliphatic heterocycles. The van der Waals surface area contributed by atoms with Crippen LogP contribution in [0.3, 0.4) is 0 Å². The van der Waals surface area contributed by atoms with Crippen LogP contribution in [0.25, 0.3) is 10.8 Å². The van der Waals surface area contributed by atoms with Gasteiger partial charge in [-0.25, -0.2) is 0 Å². The van der Waals surface area contributed by atoms with Gasteiger partial charge in [-0.2, -0.15) is 11.8 Å². The molecule has 4 heteroatoms. The predicted molar refractivity (Wildman–Crippen MR) is 75.1 cm³/mol.